The highest BCUT2D eigenvalue weighted by molar-refractivity contribution is 5.97. The number of methoxy groups -OCH3 is 4. The molecular formula is C27H36N2O5. The molecule has 34 heavy (non-hydrogen) atoms. The van der Waals surface area contributed by atoms with Crippen LogP contribution in [-0.2, 0) is 12.8 Å². The largest absolute Gasteiger partial charge is 0.493 e. The van der Waals surface area contributed by atoms with Crippen molar-refractivity contribution >= 4 is 5.91 Å². The fraction of sp³-hybridized carbons (Fsp3) is 0.519. The Morgan fingerprint density at radius 3 is 2.32 bits per heavy atom. The van der Waals surface area contributed by atoms with E-state index in [9.17, 15) is 4.79 Å². The molecule has 0 aromatic heterocycles. The lowest BCUT2D eigenvalue weighted by Gasteiger charge is -2.37. The SMILES string of the molecule is COc1ccc(CCN2CCCC(CN3CCc4cc(OC)c(OC)cc4C3=O)C2)cc1OC. The Hall–Kier alpha value is -2.93. The van der Waals surface area contributed by atoms with Crippen LogP contribution in [0.2, 0.25) is 0 Å². The first-order valence-electron chi connectivity index (χ1n) is 12.0. The van der Waals surface area contributed by atoms with Crippen LogP contribution in [0, 0.1) is 5.92 Å². The maximum atomic E-state index is 13.3. The third-order valence-corrected chi connectivity index (χ3v) is 7.02. The Balaban J connectivity index is 1.35. The first-order valence-corrected chi connectivity index (χ1v) is 12.0. The van der Waals surface area contributed by atoms with Gasteiger partial charge in [-0.3, -0.25) is 4.79 Å². The van der Waals surface area contributed by atoms with Gasteiger partial charge in [0, 0.05) is 31.7 Å². The summed E-state index contributed by atoms with van der Waals surface area (Å²) in [6.07, 6.45) is 4.14. The molecule has 1 fully saturated rings. The number of ether oxygens (including phenoxy) is 4. The molecule has 4 rings (SSSR count). The topological polar surface area (TPSA) is 60.5 Å². The minimum Gasteiger partial charge on any atom is -0.493 e. The first-order chi connectivity index (χ1) is 16.6. The molecule has 0 saturated carbocycles. The molecule has 1 atom stereocenters. The molecular weight excluding hydrogens is 432 g/mol. The Morgan fingerprint density at radius 1 is 0.882 bits per heavy atom. The normalized spacial score (nSPS) is 18.4. The van der Waals surface area contributed by atoms with E-state index in [4.69, 9.17) is 18.9 Å². The van der Waals surface area contributed by atoms with Gasteiger partial charge in [-0.2, -0.15) is 0 Å². The van der Waals surface area contributed by atoms with Crippen molar-refractivity contribution in [2.45, 2.75) is 25.7 Å². The van der Waals surface area contributed by atoms with Gasteiger partial charge in [0.2, 0.25) is 0 Å². The molecule has 1 saturated heterocycles. The number of hydrogen-bond acceptors (Lipinski definition) is 6. The molecule has 2 heterocycles. The predicted molar refractivity (Wildman–Crippen MR) is 132 cm³/mol. The maximum Gasteiger partial charge on any atom is 0.254 e. The number of piperidine rings is 1. The third-order valence-electron chi connectivity index (χ3n) is 7.02. The van der Waals surface area contributed by atoms with Crippen LogP contribution in [0.1, 0.15) is 34.3 Å². The molecule has 0 radical (unpaired) electrons. The van der Waals surface area contributed by atoms with Gasteiger partial charge >= 0.3 is 0 Å². The maximum absolute atomic E-state index is 13.3. The van der Waals surface area contributed by atoms with Crippen LogP contribution >= 0.6 is 0 Å². The highest BCUT2D eigenvalue weighted by Crippen LogP contribution is 2.34. The van der Waals surface area contributed by atoms with Crippen molar-refractivity contribution in [2.24, 2.45) is 5.92 Å². The zero-order valence-electron chi connectivity index (χ0n) is 20.8. The van der Waals surface area contributed by atoms with E-state index in [1.54, 1.807) is 28.4 Å². The quantitative estimate of drug-likeness (QED) is 0.560. The number of benzene rings is 2. The summed E-state index contributed by atoms with van der Waals surface area (Å²) in [5.41, 5.74) is 3.02. The molecule has 0 bridgehead atoms. The summed E-state index contributed by atoms with van der Waals surface area (Å²) < 4.78 is 21.6. The Labute approximate surface area is 202 Å². The van der Waals surface area contributed by atoms with Crippen molar-refractivity contribution in [3.63, 3.8) is 0 Å². The standard InChI is InChI=1S/C27H36N2O5/c1-31-23-8-7-19(14-24(23)32-2)9-12-28-11-5-6-20(17-28)18-29-13-10-21-15-25(33-3)26(34-4)16-22(21)27(29)30/h7-8,14-16,20H,5-6,9-13,17-18H2,1-4H3. The second-order valence-corrected chi connectivity index (χ2v) is 9.11. The first kappa shape index (κ1) is 24.2. The van der Waals surface area contributed by atoms with Gasteiger partial charge in [-0.1, -0.05) is 6.07 Å². The van der Waals surface area contributed by atoms with E-state index >= 15 is 0 Å². The van der Waals surface area contributed by atoms with E-state index in [0.717, 1.165) is 74.6 Å². The molecule has 2 aromatic carbocycles. The molecule has 1 amide bonds. The molecule has 2 aliphatic heterocycles. The van der Waals surface area contributed by atoms with Gasteiger partial charge in [0.05, 0.1) is 28.4 Å². The van der Waals surface area contributed by atoms with Gasteiger partial charge in [0.15, 0.2) is 23.0 Å². The van der Waals surface area contributed by atoms with E-state index in [-0.39, 0.29) is 5.91 Å². The van der Waals surface area contributed by atoms with Crippen molar-refractivity contribution in [1.82, 2.24) is 9.80 Å². The third kappa shape index (κ3) is 5.25. The van der Waals surface area contributed by atoms with E-state index in [1.807, 2.05) is 23.1 Å². The number of nitrogens with zero attached hydrogens (tertiary/aromatic N) is 2. The number of likely N-dealkylation sites (tertiary alicyclic amines) is 1. The lowest BCUT2D eigenvalue weighted by atomic mass is 9.93. The van der Waals surface area contributed by atoms with Gasteiger partial charge in [0.1, 0.15) is 0 Å². The average molecular weight is 469 g/mol. The van der Waals surface area contributed by atoms with Crippen LogP contribution < -0.4 is 18.9 Å². The molecule has 1 unspecified atom stereocenters. The zero-order valence-corrected chi connectivity index (χ0v) is 20.8. The second-order valence-electron chi connectivity index (χ2n) is 9.11. The fourth-order valence-corrected chi connectivity index (χ4v) is 5.17. The highest BCUT2D eigenvalue weighted by Gasteiger charge is 2.30. The van der Waals surface area contributed by atoms with E-state index < -0.39 is 0 Å². The number of fused-ring (bicyclic) bond motifs is 1. The monoisotopic (exact) mass is 468 g/mol. The van der Waals surface area contributed by atoms with Gasteiger partial charge in [-0.15, -0.1) is 0 Å². The van der Waals surface area contributed by atoms with Crippen molar-refractivity contribution in [3.05, 3.63) is 47.0 Å². The number of carbonyl (C=O) groups is 1. The van der Waals surface area contributed by atoms with Gasteiger partial charge in [-0.25, -0.2) is 0 Å². The lowest BCUT2D eigenvalue weighted by molar-refractivity contribution is 0.0661. The van der Waals surface area contributed by atoms with Crippen LogP contribution in [0.4, 0.5) is 0 Å². The summed E-state index contributed by atoms with van der Waals surface area (Å²) in [6.45, 7) is 4.69. The summed E-state index contributed by atoms with van der Waals surface area (Å²) in [5.74, 6) is 3.41. The van der Waals surface area contributed by atoms with Gasteiger partial charge in [-0.05, 0) is 73.5 Å². The Morgan fingerprint density at radius 2 is 1.59 bits per heavy atom. The molecule has 2 aliphatic rings. The van der Waals surface area contributed by atoms with Crippen LogP contribution in [-0.4, -0.2) is 76.9 Å². The summed E-state index contributed by atoms with van der Waals surface area (Å²) in [6, 6.07) is 9.92. The Bertz CT molecular complexity index is 1010. The fourth-order valence-electron chi connectivity index (χ4n) is 5.17. The molecule has 0 aliphatic carbocycles. The average Bonchev–Trinajstić information content (AvgIpc) is 2.88. The van der Waals surface area contributed by atoms with E-state index in [0.29, 0.717) is 17.4 Å². The highest BCUT2D eigenvalue weighted by atomic mass is 16.5. The summed E-state index contributed by atoms with van der Waals surface area (Å²) in [5, 5.41) is 0. The van der Waals surface area contributed by atoms with E-state index in [1.165, 1.54) is 12.0 Å². The minimum atomic E-state index is 0.102. The summed E-state index contributed by atoms with van der Waals surface area (Å²) in [7, 11) is 6.56. The smallest absolute Gasteiger partial charge is 0.254 e. The molecule has 7 heteroatoms. The number of rotatable bonds is 9. The lowest BCUT2D eigenvalue weighted by Crippen LogP contribution is -2.45. The molecule has 2 aromatic rings. The molecule has 7 nitrogen and oxygen atoms in total. The van der Waals surface area contributed by atoms with Crippen molar-refractivity contribution in [2.75, 3.05) is 61.2 Å². The van der Waals surface area contributed by atoms with Crippen LogP contribution in [0.25, 0.3) is 0 Å². The number of hydrogen-bond donors (Lipinski definition) is 0. The predicted octanol–water partition coefficient (Wildman–Crippen LogP) is 3.67. The molecule has 184 valence electrons. The van der Waals surface area contributed by atoms with Crippen molar-refractivity contribution in [3.8, 4) is 23.0 Å². The molecule has 0 N–H and O–H groups in total. The molecule has 0 spiro atoms. The van der Waals surface area contributed by atoms with Crippen molar-refractivity contribution < 1.29 is 23.7 Å². The summed E-state index contributed by atoms with van der Waals surface area (Å²) in [4.78, 5) is 17.8. The minimum absolute atomic E-state index is 0.102. The van der Waals surface area contributed by atoms with Crippen molar-refractivity contribution in [1.29, 1.82) is 0 Å². The number of carbonyl (C=O) groups excluding carboxylic acids is 1. The van der Waals surface area contributed by atoms with E-state index in [2.05, 4.69) is 17.0 Å². The zero-order chi connectivity index (χ0) is 24.1. The van der Waals surface area contributed by atoms with Gasteiger partial charge in [0.25, 0.3) is 5.91 Å². The van der Waals surface area contributed by atoms with Crippen LogP contribution in [0.3, 0.4) is 0 Å². The van der Waals surface area contributed by atoms with Gasteiger partial charge < -0.3 is 28.7 Å². The summed E-state index contributed by atoms with van der Waals surface area (Å²) >= 11 is 0. The van der Waals surface area contributed by atoms with Crippen LogP contribution in [0.15, 0.2) is 30.3 Å². The van der Waals surface area contributed by atoms with Crippen LogP contribution in [0.5, 0.6) is 23.0 Å². The second kappa shape index (κ2) is 11.0. The Kier molecular flexibility index (Phi) is 7.83. The number of amides is 1.